The molecule has 3 rings (SSSR count). The summed E-state index contributed by atoms with van der Waals surface area (Å²) in [7, 11) is 0. The second-order valence-corrected chi connectivity index (χ2v) is 6.89. The molecular weight excluding hydrogens is 410 g/mol. The van der Waals surface area contributed by atoms with Gasteiger partial charge in [0.05, 0.1) is 5.69 Å². The van der Waals surface area contributed by atoms with Gasteiger partial charge >= 0.3 is 0 Å². The highest BCUT2D eigenvalue weighted by atomic mass is 79.9. The van der Waals surface area contributed by atoms with E-state index in [2.05, 4.69) is 21.2 Å². The number of benzene rings is 2. The number of hydrogen-bond donors (Lipinski definition) is 2. The normalized spacial score (nSPS) is 19.7. The van der Waals surface area contributed by atoms with Crippen LogP contribution in [0.2, 0.25) is 0 Å². The molecule has 5 nitrogen and oxygen atoms in total. The van der Waals surface area contributed by atoms with Crippen LogP contribution in [0.4, 0.5) is 14.5 Å². The van der Waals surface area contributed by atoms with Crippen LogP contribution in [0.15, 0.2) is 46.9 Å². The van der Waals surface area contributed by atoms with Crippen LogP contribution in [0, 0.1) is 11.6 Å². The summed E-state index contributed by atoms with van der Waals surface area (Å²) < 4.78 is 27.8. The van der Waals surface area contributed by atoms with Crippen molar-refractivity contribution in [2.75, 3.05) is 11.4 Å². The minimum absolute atomic E-state index is 0.0534. The van der Waals surface area contributed by atoms with Gasteiger partial charge in [-0.15, -0.1) is 0 Å². The standard InChI is InChI=1S/C18H15BrF2N2O3/c19-12-3-1-2-11(8-12)10-22-16(24)18(26)6-7-23(17(18)25)15-5-4-13(20)9-14(15)21/h1-5,8-9,26H,6-7,10H2,(H,22,24)/t18-/m0/s1. The fourth-order valence-corrected chi connectivity index (χ4v) is 3.27. The van der Waals surface area contributed by atoms with Crippen LogP contribution in [0.3, 0.4) is 0 Å². The van der Waals surface area contributed by atoms with Gasteiger partial charge in [-0.05, 0) is 29.8 Å². The quantitative estimate of drug-likeness (QED) is 0.740. The lowest BCUT2D eigenvalue weighted by atomic mass is 10.0. The minimum Gasteiger partial charge on any atom is -0.372 e. The van der Waals surface area contributed by atoms with Crippen LogP contribution in [-0.4, -0.2) is 29.1 Å². The topological polar surface area (TPSA) is 69.6 Å². The van der Waals surface area contributed by atoms with Gasteiger partial charge in [-0.25, -0.2) is 8.78 Å². The molecule has 0 spiro atoms. The fourth-order valence-electron chi connectivity index (χ4n) is 2.82. The zero-order valence-corrected chi connectivity index (χ0v) is 15.1. The Morgan fingerprint density at radius 2 is 2.04 bits per heavy atom. The maximum Gasteiger partial charge on any atom is 0.268 e. The van der Waals surface area contributed by atoms with Gasteiger partial charge in [0.15, 0.2) is 0 Å². The number of hydrogen-bond acceptors (Lipinski definition) is 3. The van der Waals surface area contributed by atoms with Gasteiger partial charge in [0, 0.05) is 30.0 Å². The monoisotopic (exact) mass is 424 g/mol. The summed E-state index contributed by atoms with van der Waals surface area (Å²) in [6.07, 6.45) is -0.188. The lowest BCUT2D eigenvalue weighted by Gasteiger charge is -2.22. The second kappa shape index (κ2) is 7.13. The third kappa shape index (κ3) is 3.47. The number of nitrogens with zero attached hydrogens (tertiary/aromatic N) is 1. The van der Waals surface area contributed by atoms with Gasteiger partial charge in [0.1, 0.15) is 11.6 Å². The molecule has 2 aromatic carbocycles. The average molecular weight is 425 g/mol. The predicted molar refractivity (Wildman–Crippen MR) is 94.3 cm³/mol. The van der Waals surface area contributed by atoms with Crippen LogP contribution < -0.4 is 10.2 Å². The Hall–Kier alpha value is -2.32. The molecule has 8 heteroatoms. The van der Waals surface area contributed by atoms with Gasteiger partial charge in [-0.2, -0.15) is 0 Å². The van der Waals surface area contributed by atoms with Gasteiger partial charge in [-0.1, -0.05) is 28.1 Å². The Balaban J connectivity index is 1.73. The number of rotatable bonds is 4. The zero-order chi connectivity index (χ0) is 18.9. The van der Waals surface area contributed by atoms with Crippen molar-refractivity contribution in [2.45, 2.75) is 18.6 Å². The van der Waals surface area contributed by atoms with E-state index in [0.717, 1.165) is 27.1 Å². The molecule has 0 aliphatic carbocycles. The van der Waals surface area contributed by atoms with Crippen molar-refractivity contribution in [3.8, 4) is 0 Å². The van der Waals surface area contributed by atoms with E-state index in [0.29, 0.717) is 6.07 Å². The molecule has 2 aromatic rings. The predicted octanol–water partition coefficient (Wildman–Crippen LogP) is 2.51. The van der Waals surface area contributed by atoms with Crippen LogP contribution in [0.1, 0.15) is 12.0 Å². The molecule has 2 amide bonds. The smallest absolute Gasteiger partial charge is 0.268 e. The summed E-state index contributed by atoms with van der Waals surface area (Å²) in [4.78, 5) is 25.8. The number of carbonyl (C=O) groups is 2. The summed E-state index contributed by atoms with van der Waals surface area (Å²) >= 11 is 3.32. The van der Waals surface area contributed by atoms with Gasteiger partial charge in [0.2, 0.25) is 5.60 Å². The molecule has 0 aromatic heterocycles. The molecule has 1 aliphatic rings. The molecule has 1 saturated heterocycles. The number of amides is 2. The summed E-state index contributed by atoms with van der Waals surface area (Å²) in [5, 5.41) is 13.1. The lowest BCUT2D eigenvalue weighted by Crippen LogP contribution is -2.52. The van der Waals surface area contributed by atoms with Crippen molar-refractivity contribution in [3.63, 3.8) is 0 Å². The zero-order valence-electron chi connectivity index (χ0n) is 13.5. The molecule has 0 radical (unpaired) electrons. The van der Waals surface area contributed by atoms with E-state index >= 15 is 0 Å². The Kier molecular flexibility index (Phi) is 5.06. The molecular formula is C18H15BrF2N2O3. The highest BCUT2D eigenvalue weighted by Gasteiger charge is 2.52. The SMILES string of the molecule is O=C(NCc1cccc(Br)c1)[C@@]1(O)CCN(c2ccc(F)cc2F)C1=O. The number of carbonyl (C=O) groups excluding carboxylic acids is 2. The molecule has 1 heterocycles. The Labute approximate surface area is 156 Å². The second-order valence-electron chi connectivity index (χ2n) is 5.98. The van der Waals surface area contributed by atoms with E-state index in [1.165, 1.54) is 0 Å². The van der Waals surface area contributed by atoms with Gasteiger partial charge in [-0.3, -0.25) is 9.59 Å². The molecule has 1 atom stereocenters. The average Bonchev–Trinajstić information content (AvgIpc) is 2.90. The van der Waals surface area contributed by atoms with E-state index in [4.69, 9.17) is 0 Å². The molecule has 0 unspecified atom stereocenters. The third-order valence-corrected chi connectivity index (χ3v) is 4.71. The van der Waals surface area contributed by atoms with Gasteiger partial charge in [0.25, 0.3) is 11.8 Å². The number of aliphatic hydroxyl groups is 1. The first-order valence-corrected chi connectivity index (χ1v) is 8.63. The summed E-state index contributed by atoms with van der Waals surface area (Å²) in [6.45, 7) is 0.0704. The first-order chi connectivity index (χ1) is 12.3. The number of anilines is 1. The number of halogens is 3. The van der Waals surface area contributed by atoms with Crippen molar-refractivity contribution in [3.05, 3.63) is 64.1 Å². The van der Waals surface area contributed by atoms with E-state index in [1.807, 2.05) is 6.07 Å². The maximum atomic E-state index is 13.9. The highest BCUT2D eigenvalue weighted by Crippen LogP contribution is 2.30. The third-order valence-electron chi connectivity index (χ3n) is 4.21. The molecule has 1 aliphatic heterocycles. The van der Waals surface area contributed by atoms with Crippen molar-refractivity contribution < 1.29 is 23.5 Å². The van der Waals surface area contributed by atoms with Crippen LogP contribution in [0.25, 0.3) is 0 Å². The summed E-state index contributed by atoms with van der Waals surface area (Å²) in [6, 6.07) is 9.96. The first-order valence-electron chi connectivity index (χ1n) is 7.83. The Morgan fingerprint density at radius 1 is 1.27 bits per heavy atom. The van der Waals surface area contributed by atoms with Gasteiger partial charge < -0.3 is 15.3 Å². The molecule has 0 bridgehead atoms. The lowest BCUT2D eigenvalue weighted by molar-refractivity contribution is -0.149. The van der Waals surface area contributed by atoms with Crippen molar-refractivity contribution in [2.24, 2.45) is 0 Å². The summed E-state index contributed by atoms with van der Waals surface area (Å²) in [5.74, 6) is -3.50. The molecule has 2 N–H and O–H groups in total. The molecule has 1 fully saturated rings. The van der Waals surface area contributed by atoms with E-state index < -0.39 is 29.0 Å². The van der Waals surface area contributed by atoms with Crippen molar-refractivity contribution >= 4 is 33.4 Å². The van der Waals surface area contributed by atoms with E-state index in [9.17, 15) is 23.5 Å². The fraction of sp³-hybridized carbons (Fsp3) is 0.222. The minimum atomic E-state index is -2.28. The van der Waals surface area contributed by atoms with Crippen molar-refractivity contribution in [1.82, 2.24) is 5.32 Å². The Morgan fingerprint density at radius 3 is 2.73 bits per heavy atom. The molecule has 0 saturated carbocycles. The maximum absolute atomic E-state index is 13.9. The van der Waals surface area contributed by atoms with E-state index in [1.54, 1.807) is 18.2 Å². The van der Waals surface area contributed by atoms with Crippen LogP contribution in [0.5, 0.6) is 0 Å². The number of nitrogens with one attached hydrogen (secondary N) is 1. The van der Waals surface area contributed by atoms with Crippen LogP contribution >= 0.6 is 15.9 Å². The molecule has 136 valence electrons. The summed E-state index contributed by atoms with van der Waals surface area (Å²) in [5.41, 5.74) is -1.68. The highest BCUT2D eigenvalue weighted by molar-refractivity contribution is 9.10. The molecule has 26 heavy (non-hydrogen) atoms. The Bertz CT molecular complexity index is 877. The largest absolute Gasteiger partial charge is 0.372 e. The first kappa shape index (κ1) is 18.5. The van der Waals surface area contributed by atoms with Crippen LogP contribution in [-0.2, 0) is 16.1 Å². The van der Waals surface area contributed by atoms with E-state index in [-0.39, 0.29) is 25.2 Å². The van der Waals surface area contributed by atoms with Crippen molar-refractivity contribution in [1.29, 1.82) is 0 Å².